The molecule has 2 aromatic heterocycles. The Morgan fingerprint density at radius 3 is 2.77 bits per heavy atom. The van der Waals surface area contributed by atoms with Crippen LogP contribution in [0, 0.1) is 0 Å². The Hall–Kier alpha value is -2.93. The first kappa shape index (κ1) is 21.3. The third kappa shape index (κ3) is 4.71. The first-order valence-electron chi connectivity index (χ1n) is 11.0. The van der Waals surface area contributed by atoms with Gasteiger partial charge in [0, 0.05) is 50.1 Å². The molecule has 1 aromatic carbocycles. The molecule has 1 N–H and O–H groups in total. The van der Waals surface area contributed by atoms with Crippen molar-refractivity contribution in [2.75, 3.05) is 13.1 Å². The molecule has 4 rings (SSSR count). The maximum atomic E-state index is 13.1. The number of nitrogens with one attached hydrogen (secondary N) is 1. The molecule has 0 spiro atoms. The Morgan fingerprint density at radius 2 is 2.03 bits per heavy atom. The van der Waals surface area contributed by atoms with Crippen LogP contribution in [0.25, 0.3) is 10.9 Å². The number of nitrogens with zero attached hydrogens (tertiary/aromatic N) is 3. The van der Waals surface area contributed by atoms with E-state index in [1.54, 1.807) is 29.0 Å². The Morgan fingerprint density at radius 1 is 1.19 bits per heavy atom. The smallest absolute Gasteiger partial charge is 0.261 e. The summed E-state index contributed by atoms with van der Waals surface area (Å²) in [6.45, 7) is 8.68. The number of hydrogen-bond acceptors (Lipinski definition) is 5. The average molecular weight is 423 g/mol. The van der Waals surface area contributed by atoms with Gasteiger partial charge in [0.2, 0.25) is 0 Å². The van der Waals surface area contributed by atoms with Crippen molar-refractivity contribution in [3.05, 3.63) is 64.1 Å². The third-order valence-electron chi connectivity index (χ3n) is 6.04. The van der Waals surface area contributed by atoms with Crippen LogP contribution in [0.5, 0.6) is 0 Å². The average Bonchev–Trinajstić information content (AvgIpc) is 3.17. The lowest BCUT2D eigenvalue weighted by atomic mass is 10.1. The molecule has 0 radical (unpaired) electrons. The third-order valence-corrected chi connectivity index (χ3v) is 6.04. The zero-order valence-corrected chi connectivity index (χ0v) is 18.4. The van der Waals surface area contributed by atoms with E-state index in [1.807, 2.05) is 19.1 Å². The highest BCUT2D eigenvalue weighted by Gasteiger charge is 2.20. The van der Waals surface area contributed by atoms with Gasteiger partial charge in [0.15, 0.2) is 0 Å². The van der Waals surface area contributed by atoms with Gasteiger partial charge < -0.3 is 9.73 Å². The molecule has 0 saturated carbocycles. The number of furan rings is 1. The van der Waals surface area contributed by atoms with E-state index in [-0.39, 0.29) is 17.5 Å². The van der Waals surface area contributed by atoms with Crippen LogP contribution >= 0.6 is 0 Å². The Balaban J connectivity index is 1.51. The number of carbonyl (C=O) groups is 1. The van der Waals surface area contributed by atoms with Crippen LogP contribution in [0.3, 0.4) is 0 Å². The lowest BCUT2D eigenvalue weighted by molar-refractivity contribution is 0.0938. The highest BCUT2D eigenvalue weighted by molar-refractivity contribution is 5.97. The molecule has 7 heteroatoms. The van der Waals surface area contributed by atoms with Gasteiger partial charge in [-0.1, -0.05) is 0 Å². The maximum absolute atomic E-state index is 13.1. The number of rotatable bonds is 6. The first-order chi connectivity index (χ1) is 14.9. The van der Waals surface area contributed by atoms with Crippen LogP contribution in [-0.2, 0) is 19.4 Å². The van der Waals surface area contributed by atoms with Crippen molar-refractivity contribution in [2.24, 2.45) is 0 Å². The normalized spacial score (nSPS) is 15.6. The van der Waals surface area contributed by atoms with Crippen molar-refractivity contribution in [3.8, 4) is 0 Å². The van der Waals surface area contributed by atoms with Crippen LogP contribution in [-0.4, -0.2) is 45.5 Å². The molecule has 0 saturated heterocycles. The van der Waals surface area contributed by atoms with Gasteiger partial charge in [-0.15, -0.1) is 0 Å². The second-order valence-corrected chi connectivity index (χ2v) is 8.59. The van der Waals surface area contributed by atoms with Gasteiger partial charge in [-0.05, 0) is 57.5 Å². The predicted molar refractivity (Wildman–Crippen MR) is 120 cm³/mol. The van der Waals surface area contributed by atoms with E-state index in [2.05, 4.69) is 24.1 Å². The summed E-state index contributed by atoms with van der Waals surface area (Å²) in [6.07, 6.45) is 3.93. The summed E-state index contributed by atoms with van der Waals surface area (Å²) in [6, 6.07) is 9.41. The fourth-order valence-corrected chi connectivity index (χ4v) is 4.12. The van der Waals surface area contributed by atoms with Crippen LogP contribution < -0.4 is 10.9 Å². The highest BCUT2D eigenvalue weighted by Crippen LogP contribution is 2.15. The topological polar surface area (TPSA) is 80.4 Å². The highest BCUT2D eigenvalue weighted by atomic mass is 16.3. The van der Waals surface area contributed by atoms with Gasteiger partial charge in [-0.2, -0.15) is 0 Å². The van der Waals surface area contributed by atoms with E-state index in [9.17, 15) is 9.59 Å². The predicted octanol–water partition coefficient (Wildman–Crippen LogP) is 3.01. The Labute approximate surface area is 182 Å². The molecule has 1 atom stereocenters. The van der Waals surface area contributed by atoms with Crippen molar-refractivity contribution in [2.45, 2.75) is 58.7 Å². The van der Waals surface area contributed by atoms with Crippen molar-refractivity contribution < 1.29 is 9.21 Å². The number of carbonyl (C=O) groups excluding carboxylic acids is 1. The van der Waals surface area contributed by atoms with Gasteiger partial charge >= 0.3 is 0 Å². The number of hydrogen-bond donors (Lipinski definition) is 1. The molecule has 3 aromatic rings. The summed E-state index contributed by atoms with van der Waals surface area (Å²) in [4.78, 5) is 32.9. The maximum Gasteiger partial charge on any atom is 0.261 e. The fraction of sp³-hybridized carbons (Fsp3) is 0.458. The molecule has 3 heterocycles. The monoisotopic (exact) mass is 422 g/mol. The minimum Gasteiger partial charge on any atom is -0.469 e. The molecule has 0 aliphatic carbocycles. The number of fused-ring (bicyclic) bond motifs is 2. The van der Waals surface area contributed by atoms with E-state index in [4.69, 9.17) is 9.40 Å². The molecule has 1 aliphatic heterocycles. The molecule has 164 valence electrons. The van der Waals surface area contributed by atoms with E-state index < -0.39 is 0 Å². The van der Waals surface area contributed by atoms with Crippen molar-refractivity contribution in [3.63, 3.8) is 0 Å². The summed E-state index contributed by atoms with van der Waals surface area (Å²) >= 11 is 0. The van der Waals surface area contributed by atoms with Crippen molar-refractivity contribution in [1.82, 2.24) is 19.8 Å². The molecule has 1 aliphatic rings. The van der Waals surface area contributed by atoms with Crippen molar-refractivity contribution >= 4 is 16.8 Å². The summed E-state index contributed by atoms with van der Waals surface area (Å²) in [5, 5.41) is 3.59. The van der Waals surface area contributed by atoms with Gasteiger partial charge in [0.1, 0.15) is 11.6 Å². The largest absolute Gasteiger partial charge is 0.469 e. The summed E-state index contributed by atoms with van der Waals surface area (Å²) in [5.41, 5.74) is 1.08. The zero-order valence-electron chi connectivity index (χ0n) is 18.4. The van der Waals surface area contributed by atoms with Gasteiger partial charge in [0.05, 0.1) is 17.2 Å². The molecule has 0 bridgehead atoms. The first-order valence-corrected chi connectivity index (χ1v) is 11.0. The van der Waals surface area contributed by atoms with Crippen LogP contribution in [0.1, 0.15) is 49.1 Å². The second kappa shape index (κ2) is 9.06. The number of aromatic nitrogens is 2. The minimum absolute atomic E-state index is 0.000873. The fourth-order valence-electron chi connectivity index (χ4n) is 4.12. The molecule has 31 heavy (non-hydrogen) atoms. The molecule has 0 fully saturated rings. The molecule has 7 nitrogen and oxygen atoms in total. The number of benzene rings is 1. The summed E-state index contributed by atoms with van der Waals surface area (Å²) in [5.74, 6) is 1.55. The van der Waals surface area contributed by atoms with Crippen LogP contribution in [0.2, 0.25) is 0 Å². The summed E-state index contributed by atoms with van der Waals surface area (Å²) < 4.78 is 7.14. The quantitative estimate of drug-likeness (QED) is 0.661. The lowest BCUT2D eigenvalue weighted by Crippen LogP contribution is -2.34. The van der Waals surface area contributed by atoms with E-state index in [0.717, 1.165) is 43.9 Å². The SMILES string of the molecule is CC(C)N1CCc2nc3cc(C(=O)N[C@H](C)CCc4ccco4)ccc3c(=O)n2CC1. The van der Waals surface area contributed by atoms with Crippen molar-refractivity contribution in [1.29, 1.82) is 0 Å². The van der Waals surface area contributed by atoms with Crippen LogP contribution in [0.15, 0.2) is 45.8 Å². The second-order valence-electron chi connectivity index (χ2n) is 8.59. The van der Waals surface area contributed by atoms with Gasteiger partial charge in [-0.3, -0.25) is 19.1 Å². The minimum atomic E-state index is -0.156. The van der Waals surface area contributed by atoms with E-state index in [0.29, 0.717) is 29.1 Å². The molecular weight excluding hydrogens is 392 g/mol. The lowest BCUT2D eigenvalue weighted by Gasteiger charge is -2.23. The molecular formula is C24H30N4O3. The summed E-state index contributed by atoms with van der Waals surface area (Å²) in [7, 11) is 0. The van der Waals surface area contributed by atoms with Crippen LogP contribution in [0.4, 0.5) is 0 Å². The van der Waals surface area contributed by atoms with E-state index >= 15 is 0 Å². The molecule has 0 unspecified atom stereocenters. The van der Waals surface area contributed by atoms with Gasteiger partial charge in [-0.25, -0.2) is 4.98 Å². The van der Waals surface area contributed by atoms with E-state index in [1.165, 1.54) is 0 Å². The zero-order chi connectivity index (χ0) is 22.0. The Bertz CT molecular complexity index is 1120. The number of amides is 1. The molecule has 1 amide bonds. The Kier molecular flexibility index (Phi) is 6.23. The standard InChI is InChI=1S/C24H30N4O3/c1-16(2)27-11-10-22-26-21-15-18(7-9-20(21)24(30)28(22)13-12-27)23(29)25-17(3)6-8-19-5-4-14-31-19/h4-5,7,9,14-17H,6,8,10-13H2,1-3H3,(H,25,29)/t17-/m1/s1. The van der Waals surface area contributed by atoms with Gasteiger partial charge in [0.25, 0.3) is 11.5 Å². The number of aryl methyl sites for hydroxylation is 1.